The van der Waals surface area contributed by atoms with E-state index in [1.165, 1.54) is 19.9 Å². The van der Waals surface area contributed by atoms with Gasteiger partial charge in [0, 0.05) is 45.1 Å². The van der Waals surface area contributed by atoms with Crippen LogP contribution in [0.1, 0.15) is 94.9 Å². The third-order valence-corrected chi connectivity index (χ3v) is 3.52. The summed E-state index contributed by atoms with van der Waals surface area (Å²) in [6.45, 7) is 17.7. The van der Waals surface area contributed by atoms with Gasteiger partial charge in [-0.25, -0.2) is 0 Å². The van der Waals surface area contributed by atoms with E-state index in [1.54, 1.807) is 33.9 Å². The Kier molecular flexibility index (Phi) is 39.0. The van der Waals surface area contributed by atoms with Crippen molar-refractivity contribution in [1.29, 1.82) is 0 Å². The van der Waals surface area contributed by atoms with Crippen LogP contribution >= 0.6 is 0 Å². The van der Waals surface area contributed by atoms with Crippen molar-refractivity contribution < 1.29 is 29.1 Å². The van der Waals surface area contributed by atoms with Gasteiger partial charge in [0.25, 0.3) is 0 Å². The van der Waals surface area contributed by atoms with Crippen LogP contribution in [-0.2, 0) is 24.0 Å². The molecule has 1 atom stereocenters. The second-order valence-electron chi connectivity index (χ2n) is 7.25. The molecule has 0 aromatic rings. The van der Waals surface area contributed by atoms with Gasteiger partial charge >= 0.3 is 0 Å². The SMILES string of the molecule is CC=CC(C)=O.CCC(=O)C(C)C.CCC(=O)C(C)CO.CCCC(C)=O.CNC(C)=O. The number of aliphatic hydroxyl groups is 1. The summed E-state index contributed by atoms with van der Waals surface area (Å²) in [6.07, 6.45) is 6.18. The molecule has 0 aliphatic heterocycles. The zero-order valence-electron chi connectivity index (χ0n) is 22.3. The highest BCUT2D eigenvalue weighted by Gasteiger charge is 2.07. The van der Waals surface area contributed by atoms with Gasteiger partial charge in [-0.3, -0.25) is 19.2 Å². The molecule has 0 radical (unpaired) electrons. The van der Waals surface area contributed by atoms with E-state index in [9.17, 15) is 24.0 Å². The fourth-order valence-corrected chi connectivity index (χ4v) is 1.45. The standard InChI is InChI=1S/C6H12O2.C6H12O.C5H10O.C5H8O.C3H7NO/c1-3-6(8)5(2)4-7;1-4-6(7)5(2)3;2*1-3-4-5(2)6;1-3(5)4-2/h5,7H,3-4H2,1-2H3;5H,4H2,1-3H3;3-4H2,1-2H3;3-4H,1-2H3;1-2H3,(H,4,5). The number of carbonyl (C=O) groups excluding carboxylic acids is 5. The van der Waals surface area contributed by atoms with Gasteiger partial charge in [0.05, 0.1) is 6.61 Å². The minimum Gasteiger partial charge on any atom is -0.396 e. The highest BCUT2D eigenvalue weighted by atomic mass is 16.3. The van der Waals surface area contributed by atoms with E-state index >= 15 is 0 Å². The molecule has 1 amide bonds. The molecule has 0 rings (SSSR count). The van der Waals surface area contributed by atoms with Crippen molar-refractivity contribution in [3.05, 3.63) is 12.2 Å². The van der Waals surface area contributed by atoms with Crippen LogP contribution in [0.3, 0.4) is 0 Å². The fraction of sp³-hybridized carbons (Fsp3) is 0.720. The molecular weight excluding hydrogens is 410 g/mol. The molecule has 190 valence electrons. The van der Waals surface area contributed by atoms with Gasteiger partial charge in [0.15, 0.2) is 5.78 Å². The number of allylic oxidation sites excluding steroid dienone is 2. The molecule has 0 aliphatic rings. The van der Waals surface area contributed by atoms with Gasteiger partial charge in [-0.05, 0) is 33.3 Å². The quantitative estimate of drug-likeness (QED) is 0.516. The van der Waals surface area contributed by atoms with Crippen molar-refractivity contribution in [1.82, 2.24) is 5.32 Å². The van der Waals surface area contributed by atoms with Crippen molar-refractivity contribution in [3.8, 4) is 0 Å². The second kappa shape index (κ2) is 31.0. The highest BCUT2D eigenvalue weighted by Crippen LogP contribution is 1.97. The Morgan fingerprint density at radius 1 is 0.875 bits per heavy atom. The summed E-state index contributed by atoms with van der Waals surface area (Å²) < 4.78 is 0. The third-order valence-electron chi connectivity index (χ3n) is 3.52. The first-order valence-electron chi connectivity index (χ1n) is 11.2. The molecule has 32 heavy (non-hydrogen) atoms. The van der Waals surface area contributed by atoms with Crippen molar-refractivity contribution in [2.45, 2.75) is 94.9 Å². The lowest BCUT2D eigenvalue weighted by Crippen LogP contribution is -2.12. The van der Waals surface area contributed by atoms with E-state index in [-0.39, 0.29) is 41.7 Å². The predicted molar refractivity (Wildman–Crippen MR) is 133 cm³/mol. The number of Topliss-reactive ketones (excluding diaryl/α,β-unsaturated/α-hetero) is 3. The summed E-state index contributed by atoms with van der Waals surface area (Å²) in [6, 6.07) is 0. The van der Waals surface area contributed by atoms with E-state index in [4.69, 9.17) is 5.11 Å². The van der Waals surface area contributed by atoms with Crippen LogP contribution in [0, 0.1) is 11.8 Å². The van der Waals surface area contributed by atoms with Crippen molar-refractivity contribution in [2.75, 3.05) is 13.7 Å². The first-order valence-corrected chi connectivity index (χ1v) is 11.2. The lowest BCUT2D eigenvalue weighted by atomic mass is 10.1. The van der Waals surface area contributed by atoms with Crippen LogP contribution in [0.2, 0.25) is 0 Å². The molecule has 0 saturated carbocycles. The molecule has 7 nitrogen and oxygen atoms in total. The smallest absolute Gasteiger partial charge is 0.216 e. The van der Waals surface area contributed by atoms with Crippen LogP contribution in [0.25, 0.3) is 0 Å². The lowest BCUT2D eigenvalue weighted by Gasteiger charge is -2.01. The van der Waals surface area contributed by atoms with Crippen molar-refractivity contribution in [2.24, 2.45) is 11.8 Å². The highest BCUT2D eigenvalue weighted by molar-refractivity contribution is 5.87. The number of nitrogens with one attached hydrogen (secondary N) is 1. The molecule has 7 heteroatoms. The van der Waals surface area contributed by atoms with E-state index < -0.39 is 0 Å². The van der Waals surface area contributed by atoms with Crippen LogP contribution in [0.15, 0.2) is 12.2 Å². The van der Waals surface area contributed by atoms with E-state index in [1.807, 2.05) is 34.6 Å². The van der Waals surface area contributed by atoms with Crippen LogP contribution < -0.4 is 5.32 Å². The molecular formula is C25H49NO6. The molecule has 2 N–H and O–H groups in total. The summed E-state index contributed by atoms with van der Waals surface area (Å²) in [5.41, 5.74) is 0. The molecule has 0 aromatic heterocycles. The topological polar surface area (TPSA) is 118 Å². The lowest BCUT2D eigenvalue weighted by molar-refractivity contribution is -0.123. The van der Waals surface area contributed by atoms with E-state index in [2.05, 4.69) is 5.32 Å². The Bertz CT molecular complexity index is 525. The molecule has 0 spiro atoms. The average Bonchev–Trinajstić information content (AvgIpc) is 2.73. The molecule has 0 fully saturated rings. The molecule has 0 heterocycles. The molecule has 0 aromatic carbocycles. The normalized spacial score (nSPS) is 9.91. The molecule has 0 saturated heterocycles. The van der Waals surface area contributed by atoms with Gasteiger partial charge in [-0.2, -0.15) is 0 Å². The Hall–Kier alpha value is -2.15. The number of amides is 1. The zero-order valence-corrected chi connectivity index (χ0v) is 22.3. The maximum atomic E-state index is 10.6. The minimum absolute atomic E-state index is 0.00463. The fourth-order valence-electron chi connectivity index (χ4n) is 1.45. The Morgan fingerprint density at radius 3 is 1.31 bits per heavy atom. The summed E-state index contributed by atoms with van der Waals surface area (Å²) in [4.78, 5) is 50.8. The minimum atomic E-state index is -0.167. The Balaban J connectivity index is -0.0000000958. The maximum absolute atomic E-state index is 10.6. The van der Waals surface area contributed by atoms with Crippen LogP contribution in [0.4, 0.5) is 0 Å². The van der Waals surface area contributed by atoms with Gasteiger partial charge in [0.2, 0.25) is 5.91 Å². The number of hydrogen-bond acceptors (Lipinski definition) is 6. The summed E-state index contributed by atoms with van der Waals surface area (Å²) in [5.74, 6) is 0.942. The van der Waals surface area contributed by atoms with E-state index in [0.717, 1.165) is 12.8 Å². The van der Waals surface area contributed by atoms with Crippen LogP contribution in [0.5, 0.6) is 0 Å². The van der Waals surface area contributed by atoms with Gasteiger partial charge in [-0.15, -0.1) is 0 Å². The molecule has 0 aliphatic carbocycles. The summed E-state index contributed by atoms with van der Waals surface area (Å²) in [5, 5.41) is 10.8. The second-order valence-corrected chi connectivity index (χ2v) is 7.25. The molecule has 0 bridgehead atoms. The van der Waals surface area contributed by atoms with Gasteiger partial charge in [-0.1, -0.05) is 47.6 Å². The van der Waals surface area contributed by atoms with Crippen molar-refractivity contribution in [3.63, 3.8) is 0 Å². The van der Waals surface area contributed by atoms with Gasteiger partial charge in [0.1, 0.15) is 17.3 Å². The largest absolute Gasteiger partial charge is 0.396 e. The van der Waals surface area contributed by atoms with Crippen LogP contribution in [-0.4, -0.2) is 47.8 Å². The predicted octanol–water partition coefficient (Wildman–Crippen LogP) is 4.49. The monoisotopic (exact) mass is 459 g/mol. The van der Waals surface area contributed by atoms with Gasteiger partial charge < -0.3 is 15.2 Å². The number of carbonyl (C=O) groups is 5. The summed E-state index contributed by atoms with van der Waals surface area (Å²) >= 11 is 0. The zero-order chi connectivity index (χ0) is 26.7. The van der Waals surface area contributed by atoms with Crippen molar-refractivity contribution >= 4 is 29.0 Å². The number of aliphatic hydroxyl groups excluding tert-OH is 1. The number of hydrogen-bond donors (Lipinski definition) is 2. The molecule has 1 unspecified atom stereocenters. The number of ketones is 4. The average molecular weight is 460 g/mol. The maximum Gasteiger partial charge on any atom is 0.216 e. The Morgan fingerprint density at radius 2 is 1.28 bits per heavy atom. The first-order chi connectivity index (χ1) is 14.7. The third kappa shape index (κ3) is 51.0. The first kappa shape index (κ1) is 40.2. The summed E-state index contributed by atoms with van der Waals surface area (Å²) in [7, 11) is 1.60. The number of rotatable bonds is 8. The van der Waals surface area contributed by atoms with E-state index in [0.29, 0.717) is 18.6 Å². The Labute approximate surface area is 196 Å².